The van der Waals surface area contributed by atoms with Crippen LogP contribution in [-0.4, -0.2) is 6.29 Å². The second-order valence-corrected chi connectivity index (χ2v) is 3.57. The molecule has 0 unspecified atom stereocenters. The van der Waals surface area contributed by atoms with Gasteiger partial charge in [-0.25, -0.2) is 0 Å². The van der Waals surface area contributed by atoms with E-state index in [0.29, 0.717) is 0 Å². The summed E-state index contributed by atoms with van der Waals surface area (Å²) in [5.41, 5.74) is 1.16. The number of carbonyl (C=O) groups excluding carboxylic acids is 1. The lowest BCUT2D eigenvalue weighted by molar-refractivity contribution is -0.109. The van der Waals surface area contributed by atoms with E-state index in [1.54, 1.807) is 11.3 Å². The van der Waals surface area contributed by atoms with E-state index in [1.165, 1.54) is 5.56 Å². The number of carbonyl (C=O) groups is 1. The molecule has 2 rings (SSSR count). The molecule has 0 aromatic carbocycles. The summed E-state index contributed by atoms with van der Waals surface area (Å²) < 4.78 is 0. The number of hydrogen-bond donors (Lipinski definition) is 0. The minimum atomic E-state index is -0.0556. The fraction of sp³-hybridized carbons (Fsp3) is 0.375. The molecule has 1 aliphatic carbocycles. The predicted molar refractivity (Wildman–Crippen MR) is 41.3 cm³/mol. The highest BCUT2D eigenvalue weighted by Crippen LogP contribution is 2.46. The molecule has 1 fully saturated rings. The zero-order chi connectivity index (χ0) is 7.03. The Labute approximate surface area is 63.7 Å². The Balaban J connectivity index is 2.35. The van der Waals surface area contributed by atoms with E-state index in [9.17, 15) is 4.79 Å². The summed E-state index contributed by atoms with van der Waals surface area (Å²) >= 11 is 1.66. The Morgan fingerprint density at radius 3 is 2.80 bits per heavy atom. The lowest BCUT2D eigenvalue weighted by atomic mass is 10.0. The second-order valence-electron chi connectivity index (χ2n) is 2.79. The zero-order valence-electron chi connectivity index (χ0n) is 5.54. The van der Waals surface area contributed by atoms with Crippen LogP contribution in [0.25, 0.3) is 0 Å². The quantitative estimate of drug-likeness (QED) is 0.592. The highest BCUT2D eigenvalue weighted by molar-refractivity contribution is 7.08. The molecule has 1 heterocycles. The molecule has 1 aromatic rings. The highest BCUT2D eigenvalue weighted by atomic mass is 32.1. The molecule has 2 heteroatoms. The fourth-order valence-electron chi connectivity index (χ4n) is 1.16. The first kappa shape index (κ1) is 6.10. The summed E-state index contributed by atoms with van der Waals surface area (Å²) in [5, 5.41) is 4.10. The summed E-state index contributed by atoms with van der Waals surface area (Å²) in [6.07, 6.45) is 3.19. The third-order valence-electron chi connectivity index (χ3n) is 2.11. The molecule has 52 valence electrons. The number of aldehydes is 1. The van der Waals surface area contributed by atoms with Crippen LogP contribution in [-0.2, 0) is 10.2 Å². The molecule has 0 bridgehead atoms. The van der Waals surface area contributed by atoms with Crippen LogP contribution in [0.4, 0.5) is 0 Å². The van der Waals surface area contributed by atoms with E-state index in [-0.39, 0.29) is 5.41 Å². The van der Waals surface area contributed by atoms with Gasteiger partial charge in [0.25, 0.3) is 0 Å². The van der Waals surface area contributed by atoms with Gasteiger partial charge in [0.15, 0.2) is 0 Å². The van der Waals surface area contributed by atoms with Crippen LogP contribution in [0.3, 0.4) is 0 Å². The van der Waals surface area contributed by atoms with Gasteiger partial charge in [-0.05, 0) is 35.2 Å². The number of hydrogen-bond acceptors (Lipinski definition) is 2. The Morgan fingerprint density at radius 2 is 2.40 bits per heavy atom. The van der Waals surface area contributed by atoms with E-state index in [1.807, 2.05) is 11.4 Å². The largest absolute Gasteiger partial charge is 0.302 e. The fourth-order valence-corrected chi connectivity index (χ4v) is 1.92. The highest BCUT2D eigenvalue weighted by Gasteiger charge is 2.44. The van der Waals surface area contributed by atoms with Crippen molar-refractivity contribution in [3.8, 4) is 0 Å². The minimum absolute atomic E-state index is 0.0556. The van der Waals surface area contributed by atoms with E-state index in [4.69, 9.17) is 0 Å². The lowest BCUT2D eigenvalue weighted by Crippen LogP contribution is -2.05. The standard InChI is InChI=1S/C8H8OS/c9-6-8(2-3-8)7-1-4-10-5-7/h1,4-6H,2-3H2. The molecule has 1 saturated carbocycles. The van der Waals surface area contributed by atoms with Crippen LogP contribution in [0, 0.1) is 0 Å². The summed E-state index contributed by atoms with van der Waals surface area (Å²) in [7, 11) is 0. The molecule has 10 heavy (non-hydrogen) atoms. The van der Waals surface area contributed by atoms with Crippen molar-refractivity contribution in [3.63, 3.8) is 0 Å². The SMILES string of the molecule is O=CC1(c2ccsc2)CC1. The molecule has 1 aromatic heterocycles. The molecule has 0 atom stereocenters. The maximum Gasteiger partial charge on any atom is 0.130 e. The molecular weight excluding hydrogens is 144 g/mol. The van der Waals surface area contributed by atoms with Gasteiger partial charge in [-0.2, -0.15) is 11.3 Å². The van der Waals surface area contributed by atoms with E-state index < -0.39 is 0 Å². The van der Waals surface area contributed by atoms with Crippen LogP contribution >= 0.6 is 11.3 Å². The number of thiophene rings is 1. The van der Waals surface area contributed by atoms with Crippen LogP contribution in [0.2, 0.25) is 0 Å². The number of rotatable bonds is 2. The summed E-state index contributed by atoms with van der Waals surface area (Å²) in [5.74, 6) is 0. The normalized spacial score (nSPS) is 20.4. The van der Waals surface area contributed by atoms with Crippen LogP contribution < -0.4 is 0 Å². The van der Waals surface area contributed by atoms with E-state index >= 15 is 0 Å². The van der Waals surface area contributed by atoms with E-state index in [0.717, 1.165) is 19.1 Å². The molecular formula is C8H8OS. The lowest BCUT2D eigenvalue weighted by Gasteiger charge is -2.00. The maximum absolute atomic E-state index is 10.6. The first-order valence-electron chi connectivity index (χ1n) is 3.36. The van der Waals surface area contributed by atoms with E-state index in [2.05, 4.69) is 5.38 Å². The van der Waals surface area contributed by atoms with Crippen molar-refractivity contribution in [3.05, 3.63) is 22.4 Å². The smallest absolute Gasteiger partial charge is 0.130 e. The van der Waals surface area contributed by atoms with Crippen molar-refractivity contribution in [1.82, 2.24) is 0 Å². The molecule has 0 aliphatic heterocycles. The van der Waals surface area contributed by atoms with Crippen molar-refractivity contribution in [2.45, 2.75) is 18.3 Å². The van der Waals surface area contributed by atoms with Crippen LogP contribution in [0.1, 0.15) is 18.4 Å². The van der Waals surface area contributed by atoms with Gasteiger partial charge in [0.1, 0.15) is 6.29 Å². The van der Waals surface area contributed by atoms with Crippen molar-refractivity contribution >= 4 is 17.6 Å². The summed E-state index contributed by atoms with van der Waals surface area (Å²) in [6, 6.07) is 2.05. The monoisotopic (exact) mass is 152 g/mol. The van der Waals surface area contributed by atoms with Gasteiger partial charge in [-0.1, -0.05) is 0 Å². The molecule has 0 radical (unpaired) electrons. The Bertz CT molecular complexity index is 234. The molecule has 0 spiro atoms. The molecule has 0 saturated heterocycles. The first-order chi connectivity index (χ1) is 4.87. The van der Waals surface area contributed by atoms with Gasteiger partial charge < -0.3 is 4.79 Å². The Hall–Kier alpha value is -0.630. The Morgan fingerprint density at radius 1 is 1.60 bits per heavy atom. The first-order valence-corrected chi connectivity index (χ1v) is 4.31. The second kappa shape index (κ2) is 1.92. The van der Waals surface area contributed by atoms with Crippen molar-refractivity contribution < 1.29 is 4.79 Å². The van der Waals surface area contributed by atoms with Gasteiger partial charge in [0.05, 0.1) is 5.41 Å². The van der Waals surface area contributed by atoms with Crippen molar-refractivity contribution in [2.24, 2.45) is 0 Å². The third-order valence-corrected chi connectivity index (χ3v) is 2.79. The molecule has 0 N–H and O–H groups in total. The molecule has 0 amide bonds. The van der Waals surface area contributed by atoms with Gasteiger partial charge in [0.2, 0.25) is 0 Å². The minimum Gasteiger partial charge on any atom is -0.302 e. The van der Waals surface area contributed by atoms with Gasteiger partial charge >= 0.3 is 0 Å². The summed E-state index contributed by atoms with van der Waals surface area (Å²) in [4.78, 5) is 10.6. The Kier molecular flexibility index (Phi) is 1.17. The van der Waals surface area contributed by atoms with Gasteiger partial charge in [0, 0.05) is 0 Å². The zero-order valence-corrected chi connectivity index (χ0v) is 6.36. The predicted octanol–water partition coefficient (Wildman–Crippen LogP) is 1.98. The topological polar surface area (TPSA) is 17.1 Å². The molecule has 1 aliphatic rings. The van der Waals surface area contributed by atoms with Crippen molar-refractivity contribution in [1.29, 1.82) is 0 Å². The average Bonchev–Trinajstić information content (AvgIpc) is 2.58. The maximum atomic E-state index is 10.6. The van der Waals surface area contributed by atoms with Crippen LogP contribution in [0.5, 0.6) is 0 Å². The van der Waals surface area contributed by atoms with Gasteiger partial charge in [-0.15, -0.1) is 0 Å². The van der Waals surface area contributed by atoms with Crippen molar-refractivity contribution in [2.75, 3.05) is 0 Å². The molecule has 1 nitrogen and oxygen atoms in total. The summed E-state index contributed by atoms with van der Waals surface area (Å²) in [6.45, 7) is 0. The average molecular weight is 152 g/mol. The third kappa shape index (κ3) is 0.721. The van der Waals surface area contributed by atoms with Crippen LogP contribution in [0.15, 0.2) is 16.8 Å². The van der Waals surface area contributed by atoms with Gasteiger partial charge in [-0.3, -0.25) is 0 Å².